The molecule has 1 rings (SSSR count). The van der Waals surface area contributed by atoms with Crippen LogP contribution in [0.1, 0.15) is 37.7 Å². The van der Waals surface area contributed by atoms with Crippen LogP contribution < -0.4 is 0 Å². The zero-order valence-electron chi connectivity index (χ0n) is 13.9. The standard InChI is InChI=1S/C16H27N3O2/c1-11-13(12(2)18-17-11)8-10-19(6)14(15(20)21)7-9-16(3,4)5/h7,9,14H,8,10H2,1-6H3,(H,17,18)(H,20,21)/b9-7+/t14-/m1/s1. The van der Waals surface area contributed by atoms with Gasteiger partial charge in [0.1, 0.15) is 6.04 Å². The maximum atomic E-state index is 11.4. The largest absolute Gasteiger partial charge is 0.480 e. The molecule has 0 aliphatic rings. The molecule has 0 bridgehead atoms. The molecule has 0 aliphatic carbocycles. The number of rotatable bonds is 6. The molecule has 0 fully saturated rings. The van der Waals surface area contributed by atoms with Gasteiger partial charge in [0, 0.05) is 12.2 Å². The van der Waals surface area contributed by atoms with Crippen molar-refractivity contribution in [1.82, 2.24) is 15.1 Å². The molecule has 1 atom stereocenters. The van der Waals surface area contributed by atoms with E-state index in [4.69, 9.17) is 0 Å². The third-order valence-corrected chi connectivity index (χ3v) is 3.50. The van der Waals surface area contributed by atoms with Crippen LogP contribution in [0.3, 0.4) is 0 Å². The summed E-state index contributed by atoms with van der Waals surface area (Å²) < 4.78 is 0. The second kappa shape index (κ2) is 6.89. The van der Waals surface area contributed by atoms with Crippen molar-refractivity contribution >= 4 is 5.97 Å². The number of aromatic nitrogens is 2. The first-order valence-electron chi connectivity index (χ1n) is 7.24. The fourth-order valence-corrected chi connectivity index (χ4v) is 2.17. The number of aliphatic carboxylic acids is 1. The van der Waals surface area contributed by atoms with E-state index in [0.29, 0.717) is 6.54 Å². The predicted molar refractivity (Wildman–Crippen MR) is 84.4 cm³/mol. The van der Waals surface area contributed by atoms with Crippen LogP contribution in [0.25, 0.3) is 0 Å². The van der Waals surface area contributed by atoms with Crippen LogP contribution in [-0.4, -0.2) is 45.8 Å². The highest BCUT2D eigenvalue weighted by Gasteiger charge is 2.21. The van der Waals surface area contributed by atoms with Crippen LogP contribution in [-0.2, 0) is 11.2 Å². The molecule has 0 aromatic carbocycles. The summed E-state index contributed by atoms with van der Waals surface area (Å²) in [5.41, 5.74) is 3.19. The Morgan fingerprint density at radius 2 is 2.05 bits per heavy atom. The fourth-order valence-electron chi connectivity index (χ4n) is 2.17. The molecule has 0 saturated carbocycles. The Hall–Kier alpha value is -1.62. The summed E-state index contributed by atoms with van der Waals surface area (Å²) in [6, 6.07) is -0.600. The number of hydrogen-bond donors (Lipinski definition) is 2. The van der Waals surface area contributed by atoms with E-state index in [-0.39, 0.29) is 5.41 Å². The topological polar surface area (TPSA) is 69.2 Å². The lowest BCUT2D eigenvalue weighted by Crippen LogP contribution is -2.38. The maximum absolute atomic E-state index is 11.4. The van der Waals surface area contributed by atoms with E-state index < -0.39 is 12.0 Å². The molecule has 0 unspecified atom stereocenters. The highest BCUT2D eigenvalue weighted by molar-refractivity contribution is 5.75. The molecule has 0 radical (unpaired) electrons. The number of nitrogens with zero attached hydrogens (tertiary/aromatic N) is 2. The van der Waals surface area contributed by atoms with E-state index in [1.807, 2.05) is 31.9 Å². The van der Waals surface area contributed by atoms with Crippen LogP contribution in [0.4, 0.5) is 0 Å². The minimum absolute atomic E-state index is 0.0216. The normalized spacial score (nSPS) is 14.0. The molecule has 21 heavy (non-hydrogen) atoms. The second-order valence-corrected chi connectivity index (χ2v) is 6.65. The summed E-state index contributed by atoms with van der Waals surface area (Å²) in [6.45, 7) is 10.8. The SMILES string of the molecule is Cc1n[nH]c(C)c1CCN(C)[C@H](/C=C/C(C)(C)C)C(=O)O. The van der Waals surface area contributed by atoms with Crippen LogP contribution in [0, 0.1) is 19.3 Å². The lowest BCUT2D eigenvalue weighted by Gasteiger charge is -2.23. The Kier molecular flexibility index (Phi) is 5.72. The first-order valence-corrected chi connectivity index (χ1v) is 7.24. The van der Waals surface area contributed by atoms with Crippen molar-refractivity contribution in [2.24, 2.45) is 5.41 Å². The van der Waals surface area contributed by atoms with Crippen molar-refractivity contribution in [2.75, 3.05) is 13.6 Å². The average Bonchev–Trinajstić information content (AvgIpc) is 2.65. The Bertz CT molecular complexity index is 493. The molecular weight excluding hydrogens is 266 g/mol. The second-order valence-electron chi connectivity index (χ2n) is 6.65. The summed E-state index contributed by atoms with van der Waals surface area (Å²) in [5, 5.41) is 16.5. The molecule has 118 valence electrons. The number of carbonyl (C=O) groups is 1. The summed E-state index contributed by atoms with van der Waals surface area (Å²) in [5.74, 6) is -0.821. The monoisotopic (exact) mass is 293 g/mol. The van der Waals surface area contributed by atoms with E-state index in [2.05, 4.69) is 31.0 Å². The van der Waals surface area contributed by atoms with Gasteiger partial charge >= 0.3 is 5.97 Å². The number of carboxylic acids is 1. The van der Waals surface area contributed by atoms with Gasteiger partial charge in [0.05, 0.1) is 5.69 Å². The van der Waals surface area contributed by atoms with Crippen LogP contribution in [0.2, 0.25) is 0 Å². The number of allylic oxidation sites excluding steroid dienone is 1. The quantitative estimate of drug-likeness (QED) is 0.791. The molecule has 2 N–H and O–H groups in total. The number of carboxylic acid groups (broad SMARTS) is 1. The molecule has 0 amide bonds. The third-order valence-electron chi connectivity index (χ3n) is 3.50. The highest BCUT2D eigenvalue weighted by Crippen LogP contribution is 2.16. The van der Waals surface area contributed by atoms with Gasteiger partial charge in [-0.3, -0.25) is 14.8 Å². The summed E-state index contributed by atoms with van der Waals surface area (Å²) in [7, 11) is 1.84. The number of aromatic amines is 1. The average molecular weight is 293 g/mol. The lowest BCUT2D eigenvalue weighted by atomic mass is 9.95. The molecule has 5 nitrogen and oxygen atoms in total. The van der Waals surface area contributed by atoms with Crippen molar-refractivity contribution in [2.45, 2.75) is 47.1 Å². The van der Waals surface area contributed by atoms with Gasteiger partial charge in [-0.2, -0.15) is 5.10 Å². The lowest BCUT2D eigenvalue weighted by molar-refractivity contribution is -0.140. The van der Waals surface area contributed by atoms with Gasteiger partial charge in [0.25, 0.3) is 0 Å². The first-order chi connectivity index (χ1) is 9.61. The van der Waals surface area contributed by atoms with Gasteiger partial charge in [-0.15, -0.1) is 0 Å². The van der Waals surface area contributed by atoms with Crippen molar-refractivity contribution < 1.29 is 9.90 Å². The van der Waals surface area contributed by atoms with Gasteiger partial charge in [-0.05, 0) is 38.3 Å². The maximum Gasteiger partial charge on any atom is 0.324 e. The summed E-state index contributed by atoms with van der Waals surface area (Å²) >= 11 is 0. The Balaban J connectivity index is 2.72. The Morgan fingerprint density at radius 3 is 2.48 bits per heavy atom. The van der Waals surface area contributed by atoms with Crippen LogP contribution in [0.5, 0.6) is 0 Å². The Morgan fingerprint density at radius 1 is 1.43 bits per heavy atom. The van der Waals surface area contributed by atoms with Gasteiger partial charge in [-0.1, -0.05) is 32.9 Å². The van der Waals surface area contributed by atoms with Gasteiger partial charge in [0.2, 0.25) is 0 Å². The van der Waals surface area contributed by atoms with E-state index >= 15 is 0 Å². The van der Waals surface area contributed by atoms with Gasteiger partial charge < -0.3 is 5.11 Å². The summed E-state index contributed by atoms with van der Waals surface area (Å²) in [4.78, 5) is 13.3. The first kappa shape index (κ1) is 17.4. The number of hydrogen-bond acceptors (Lipinski definition) is 3. The molecule has 0 saturated heterocycles. The highest BCUT2D eigenvalue weighted by atomic mass is 16.4. The minimum atomic E-state index is -0.821. The minimum Gasteiger partial charge on any atom is -0.480 e. The molecular formula is C16H27N3O2. The van der Waals surface area contributed by atoms with Crippen molar-refractivity contribution in [3.63, 3.8) is 0 Å². The van der Waals surface area contributed by atoms with Gasteiger partial charge in [0.15, 0.2) is 0 Å². The third kappa shape index (κ3) is 5.34. The van der Waals surface area contributed by atoms with E-state index in [9.17, 15) is 9.90 Å². The Labute approximate surface area is 127 Å². The number of likely N-dealkylation sites (N-methyl/N-ethyl adjacent to an activating group) is 1. The molecule has 5 heteroatoms. The van der Waals surface area contributed by atoms with Crippen molar-refractivity contribution in [1.29, 1.82) is 0 Å². The molecule has 0 aliphatic heterocycles. The summed E-state index contributed by atoms with van der Waals surface area (Å²) in [6.07, 6.45) is 4.52. The molecule has 1 aromatic rings. The number of nitrogens with one attached hydrogen (secondary N) is 1. The van der Waals surface area contributed by atoms with Crippen molar-refractivity contribution in [3.8, 4) is 0 Å². The van der Waals surface area contributed by atoms with E-state index in [1.165, 1.54) is 5.56 Å². The molecule has 1 aromatic heterocycles. The zero-order valence-corrected chi connectivity index (χ0v) is 13.9. The van der Waals surface area contributed by atoms with Crippen molar-refractivity contribution in [3.05, 3.63) is 29.1 Å². The predicted octanol–water partition coefficient (Wildman–Crippen LogP) is 2.56. The van der Waals surface area contributed by atoms with E-state index in [0.717, 1.165) is 17.8 Å². The zero-order chi connectivity index (χ0) is 16.2. The molecule has 1 heterocycles. The number of H-pyrrole nitrogens is 1. The number of aryl methyl sites for hydroxylation is 2. The van der Waals surface area contributed by atoms with Gasteiger partial charge in [-0.25, -0.2) is 0 Å². The van der Waals surface area contributed by atoms with Crippen LogP contribution in [0.15, 0.2) is 12.2 Å². The fraction of sp³-hybridized carbons (Fsp3) is 0.625. The molecule has 0 spiro atoms. The smallest absolute Gasteiger partial charge is 0.324 e. The van der Waals surface area contributed by atoms with Crippen LogP contribution >= 0.6 is 0 Å². The van der Waals surface area contributed by atoms with E-state index in [1.54, 1.807) is 6.08 Å².